The fraction of sp³-hybridized carbons (Fsp3) is 0.0435. The normalized spacial score (nSPS) is 11.4. The molecule has 7 heteroatoms. The van der Waals surface area contributed by atoms with Gasteiger partial charge >= 0.3 is 0 Å². The Morgan fingerprint density at radius 2 is 1.57 bits per heavy atom. The summed E-state index contributed by atoms with van der Waals surface area (Å²) in [5, 5.41) is 1.34. The summed E-state index contributed by atoms with van der Waals surface area (Å²) >= 11 is 1.37. The highest BCUT2D eigenvalue weighted by Gasteiger charge is 2.17. The van der Waals surface area contributed by atoms with Crippen LogP contribution in [-0.4, -0.2) is 14.5 Å². The Bertz CT molecular complexity index is 1420. The molecule has 0 unspecified atom stereocenters. The minimum Gasteiger partial charge on any atom is -0.349 e. The lowest BCUT2D eigenvalue weighted by Gasteiger charge is -2.12. The van der Waals surface area contributed by atoms with Gasteiger partial charge in [0.2, 0.25) is 0 Å². The molecule has 0 radical (unpaired) electrons. The van der Waals surface area contributed by atoms with Gasteiger partial charge in [0.1, 0.15) is 22.7 Å². The Labute approximate surface area is 174 Å². The van der Waals surface area contributed by atoms with Crippen LogP contribution in [0.5, 0.6) is 0 Å². The number of para-hydroxylation sites is 1. The SMILES string of the molecule is O=c1c2[nH]c3ccccc3c2nc(SCc2ccc(F)cc2)n1-c1ccc(F)cc1. The van der Waals surface area contributed by atoms with E-state index in [9.17, 15) is 13.6 Å². The highest BCUT2D eigenvalue weighted by Crippen LogP contribution is 2.28. The van der Waals surface area contributed by atoms with Gasteiger partial charge in [0, 0.05) is 16.7 Å². The molecule has 0 aliphatic heterocycles. The van der Waals surface area contributed by atoms with Crippen LogP contribution in [0, 0.1) is 11.6 Å². The van der Waals surface area contributed by atoms with E-state index in [0.29, 0.717) is 27.6 Å². The van der Waals surface area contributed by atoms with Crippen molar-refractivity contribution in [3.05, 3.63) is 100 Å². The third-order valence-electron chi connectivity index (χ3n) is 4.86. The first-order valence-corrected chi connectivity index (χ1v) is 10.3. The molecule has 5 rings (SSSR count). The largest absolute Gasteiger partial charge is 0.349 e. The molecule has 0 spiro atoms. The average Bonchev–Trinajstić information content (AvgIpc) is 3.13. The summed E-state index contributed by atoms with van der Waals surface area (Å²) in [5.74, 6) is -0.181. The number of aromatic nitrogens is 3. The van der Waals surface area contributed by atoms with Gasteiger partial charge in [-0.15, -0.1) is 0 Å². The number of aromatic amines is 1. The molecular formula is C23H15F2N3OS. The van der Waals surface area contributed by atoms with E-state index in [2.05, 4.69) is 4.98 Å². The van der Waals surface area contributed by atoms with Gasteiger partial charge in [-0.05, 0) is 48.0 Å². The molecule has 30 heavy (non-hydrogen) atoms. The fourth-order valence-electron chi connectivity index (χ4n) is 3.39. The third kappa shape index (κ3) is 3.27. The first-order chi connectivity index (χ1) is 14.6. The summed E-state index contributed by atoms with van der Waals surface area (Å²) in [6.45, 7) is 0. The Morgan fingerprint density at radius 1 is 0.900 bits per heavy atom. The van der Waals surface area contributed by atoms with Crippen molar-refractivity contribution in [1.82, 2.24) is 14.5 Å². The van der Waals surface area contributed by atoms with Crippen LogP contribution < -0.4 is 5.56 Å². The van der Waals surface area contributed by atoms with Crippen molar-refractivity contribution in [3.8, 4) is 5.69 Å². The molecule has 2 aromatic heterocycles. The number of rotatable bonds is 4. The highest BCUT2D eigenvalue weighted by molar-refractivity contribution is 7.98. The summed E-state index contributed by atoms with van der Waals surface area (Å²) in [6.07, 6.45) is 0. The Balaban J connectivity index is 1.69. The molecule has 0 amide bonds. The quantitative estimate of drug-likeness (QED) is 0.312. The van der Waals surface area contributed by atoms with E-state index >= 15 is 0 Å². The molecule has 148 valence electrons. The molecule has 2 heterocycles. The summed E-state index contributed by atoms with van der Waals surface area (Å²) < 4.78 is 28.1. The van der Waals surface area contributed by atoms with Gasteiger partial charge in [0.15, 0.2) is 5.16 Å². The molecule has 0 aliphatic rings. The summed E-state index contributed by atoms with van der Waals surface area (Å²) in [5.41, 5.74) is 2.98. The predicted octanol–water partition coefficient (Wildman–Crippen LogP) is 5.44. The smallest absolute Gasteiger partial charge is 0.283 e. The van der Waals surface area contributed by atoms with Gasteiger partial charge in [-0.2, -0.15) is 0 Å². The Kier molecular flexibility index (Phi) is 4.59. The lowest BCUT2D eigenvalue weighted by Crippen LogP contribution is -2.21. The van der Waals surface area contributed by atoms with Gasteiger partial charge in [-0.25, -0.2) is 13.8 Å². The molecule has 4 nitrogen and oxygen atoms in total. The molecular weight excluding hydrogens is 404 g/mol. The number of nitrogens with one attached hydrogen (secondary N) is 1. The van der Waals surface area contributed by atoms with Gasteiger partial charge in [-0.1, -0.05) is 42.1 Å². The minimum absolute atomic E-state index is 0.260. The zero-order valence-corrected chi connectivity index (χ0v) is 16.4. The number of halogens is 2. The van der Waals surface area contributed by atoms with Crippen molar-refractivity contribution in [2.75, 3.05) is 0 Å². The second kappa shape index (κ2) is 7.42. The monoisotopic (exact) mass is 419 g/mol. The van der Waals surface area contributed by atoms with E-state index in [0.717, 1.165) is 16.5 Å². The number of H-pyrrole nitrogens is 1. The molecule has 0 fully saturated rings. The van der Waals surface area contributed by atoms with Gasteiger partial charge in [-0.3, -0.25) is 9.36 Å². The van der Waals surface area contributed by atoms with Crippen LogP contribution in [-0.2, 0) is 5.75 Å². The number of nitrogens with zero attached hydrogens (tertiary/aromatic N) is 2. The van der Waals surface area contributed by atoms with Crippen LogP contribution in [0.3, 0.4) is 0 Å². The number of hydrogen-bond acceptors (Lipinski definition) is 3. The molecule has 0 saturated heterocycles. The lowest BCUT2D eigenvalue weighted by atomic mass is 10.2. The van der Waals surface area contributed by atoms with Crippen molar-refractivity contribution >= 4 is 33.7 Å². The first-order valence-electron chi connectivity index (χ1n) is 9.27. The van der Waals surface area contributed by atoms with Crippen LogP contribution >= 0.6 is 11.8 Å². The second-order valence-electron chi connectivity index (χ2n) is 6.82. The van der Waals surface area contributed by atoms with E-state index in [1.165, 1.54) is 40.6 Å². The highest BCUT2D eigenvalue weighted by atomic mass is 32.2. The Morgan fingerprint density at radius 3 is 2.30 bits per heavy atom. The maximum absolute atomic E-state index is 13.5. The maximum Gasteiger partial charge on any atom is 0.283 e. The lowest BCUT2D eigenvalue weighted by molar-refractivity contribution is 0.626. The van der Waals surface area contributed by atoms with E-state index in [4.69, 9.17) is 4.98 Å². The van der Waals surface area contributed by atoms with E-state index in [-0.39, 0.29) is 17.2 Å². The molecule has 5 aromatic rings. The summed E-state index contributed by atoms with van der Waals surface area (Å²) in [4.78, 5) is 21.3. The Hall–Kier alpha value is -3.45. The molecule has 0 aliphatic carbocycles. The molecule has 0 saturated carbocycles. The molecule has 0 atom stereocenters. The molecule has 0 bridgehead atoms. The van der Waals surface area contributed by atoms with Crippen molar-refractivity contribution < 1.29 is 8.78 Å². The summed E-state index contributed by atoms with van der Waals surface area (Å²) in [7, 11) is 0. The third-order valence-corrected chi connectivity index (χ3v) is 5.87. The van der Waals surface area contributed by atoms with Crippen LogP contribution in [0.4, 0.5) is 8.78 Å². The summed E-state index contributed by atoms with van der Waals surface area (Å²) in [6, 6.07) is 19.5. The predicted molar refractivity (Wildman–Crippen MR) is 115 cm³/mol. The number of fused-ring (bicyclic) bond motifs is 3. The van der Waals surface area contributed by atoms with Gasteiger partial charge in [0.25, 0.3) is 5.56 Å². The minimum atomic E-state index is -0.382. The van der Waals surface area contributed by atoms with E-state index < -0.39 is 0 Å². The standard InChI is InChI=1S/C23H15F2N3OS/c24-15-7-5-14(6-8-15)13-30-23-27-20-18-3-1-2-4-19(18)26-21(20)22(29)28(23)17-11-9-16(25)10-12-17/h1-12,26H,13H2. The molecule has 3 aromatic carbocycles. The van der Waals surface area contributed by atoms with Crippen molar-refractivity contribution in [1.29, 1.82) is 0 Å². The van der Waals surface area contributed by atoms with Gasteiger partial charge in [0.05, 0.1) is 5.69 Å². The number of benzene rings is 3. The van der Waals surface area contributed by atoms with E-state index in [1.807, 2.05) is 24.3 Å². The average molecular weight is 419 g/mol. The zero-order chi connectivity index (χ0) is 20.7. The maximum atomic E-state index is 13.5. The number of thioether (sulfide) groups is 1. The van der Waals surface area contributed by atoms with Crippen LogP contribution in [0.2, 0.25) is 0 Å². The topological polar surface area (TPSA) is 50.7 Å². The van der Waals surface area contributed by atoms with Crippen LogP contribution in [0.15, 0.2) is 82.7 Å². The molecule has 1 N–H and O–H groups in total. The number of hydrogen-bond donors (Lipinski definition) is 1. The second-order valence-corrected chi connectivity index (χ2v) is 7.76. The van der Waals surface area contributed by atoms with E-state index in [1.54, 1.807) is 24.3 Å². The van der Waals surface area contributed by atoms with Gasteiger partial charge < -0.3 is 4.98 Å². The van der Waals surface area contributed by atoms with Crippen molar-refractivity contribution in [2.24, 2.45) is 0 Å². The van der Waals surface area contributed by atoms with Crippen LogP contribution in [0.1, 0.15) is 5.56 Å². The van der Waals surface area contributed by atoms with Crippen LogP contribution in [0.25, 0.3) is 27.6 Å². The first kappa shape index (κ1) is 18.6. The van der Waals surface area contributed by atoms with Crippen molar-refractivity contribution in [2.45, 2.75) is 10.9 Å². The zero-order valence-electron chi connectivity index (χ0n) is 15.6. The van der Waals surface area contributed by atoms with Crippen molar-refractivity contribution in [3.63, 3.8) is 0 Å². The fourth-order valence-corrected chi connectivity index (χ4v) is 4.35.